The van der Waals surface area contributed by atoms with E-state index in [2.05, 4.69) is 49.4 Å². The SMILES string of the molecule is CCC1CCCCC1C(N)c1ccc2ccccc2c1. The molecule has 0 heterocycles. The Balaban J connectivity index is 1.89. The van der Waals surface area contributed by atoms with Gasteiger partial charge in [-0.15, -0.1) is 0 Å². The van der Waals surface area contributed by atoms with Gasteiger partial charge in [0.05, 0.1) is 0 Å². The van der Waals surface area contributed by atoms with E-state index in [9.17, 15) is 0 Å². The fourth-order valence-electron chi connectivity index (χ4n) is 3.88. The molecule has 0 spiro atoms. The first-order valence-electron chi connectivity index (χ1n) is 8.04. The highest BCUT2D eigenvalue weighted by atomic mass is 14.7. The van der Waals surface area contributed by atoms with Crippen molar-refractivity contribution in [2.75, 3.05) is 0 Å². The maximum atomic E-state index is 6.63. The first-order chi connectivity index (χ1) is 9.79. The highest BCUT2D eigenvalue weighted by Gasteiger charge is 2.29. The Hall–Kier alpha value is -1.34. The summed E-state index contributed by atoms with van der Waals surface area (Å²) >= 11 is 0. The van der Waals surface area contributed by atoms with Crippen LogP contribution in [-0.4, -0.2) is 0 Å². The van der Waals surface area contributed by atoms with Crippen LogP contribution in [0.3, 0.4) is 0 Å². The molecule has 20 heavy (non-hydrogen) atoms. The highest BCUT2D eigenvalue weighted by Crippen LogP contribution is 2.39. The molecule has 106 valence electrons. The summed E-state index contributed by atoms with van der Waals surface area (Å²) in [5.74, 6) is 1.47. The van der Waals surface area contributed by atoms with E-state index >= 15 is 0 Å². The van der Waals surface area contributed by atoms with E-state index in [0.717, 1.165) is 5.92 Å². The van der Waals surface area contributed by atoms with Crippen molar-refractivity contribution < 1.29 is 0 Å². The van der Waals surface area contributed by atoms with Gasteiger partial charge in [-0.05, 0) is 40.7 Å². The van der Waals surface area contributed by atoms with Crippen molar-refractivity contribution in [1.82, 2.24) is 0 Å². The summed E-state index contributed by atoms with van der Waals surface area (Å²) in [6, 6.07) is 15.5. The molecule has 0 saturated heterocycles. The number of fused-ring (bicyclic) bond motifs is 1. The van der Waals surface area contributed by atoms with Gasteiger partial charge in [0, 0.05) is 6.04 Å². The van der Waals surface area contributed by atoms with Crippen LogP contribution in [0.25, 0.3) is 10.8 Å². The van der Waals surface area contributed by atoms with Gasteiger partial charge >= 0.3 is 0 Å². The molecule has 1 nitrogen and oxygen atoms in total. The summed E-state index contributed by atoms with van der Waals surface area (Å²) in [7, 11) is 0. The standard InChI is InChI=1S/C19H25N/c1-2-14-7-5-6-10-18(14)19(20)17-12-11-15-8-3-4-9-16(15)13-17/h3-4,8-9,11-14,18-19H,2,5-7,10,20H2,1H3. The third-order valence-electron chi connectivity index (χ3n) is 5.11. The maximum Gasteiger partial charge on any atom is 0.0326 e. The summed E-state index contributed by atoms with van der Waals surface area (Å²) in [5, 5.41) is 2.61. The van der Waals surface area contributed by atoms with E-state index in [4.69, 9.17) is 5.73 Å². The third kappa shape index (κ3) is 2.60. The molecule has 3 rings (SSSR count). The minimum absolute atomic E-state index is 0.199. The lowest BCUT2D eigenvalue weighted by molar-refractivity contribution is 0.196. The minimum Gasteiger partial charge on any atom is -0.324 e. The van der Waals surface area contributed by atoms with Crippen molar-refractivity contribution in [2.24, 2.45) is 17.6 Å². The number of benzene rings is 2. The van der Waals surface area contributed by atoms with E-state index in [-0.39, 0.29) is 6.04 Å². The predicted molar refractivity (Wildman–Crippen MR) is 86.6 cm³/mol. The molecule has 0 aromatic heterocycles. The average Bonchev–Trinajstić information content (AvgIpc) is 2.53. The van der Waals surface area contributed by atoms with Crippen LogP contribution in [0.5, 0.6) is 0 Å². The fourth-order valence-corrected chi connectivity index (χ4v) is 3.88. The zero-order valence-electron chi connectivity index (χ0n) is 12.4. The minimum atomic E-state index is 0.199. The van der Waals surface area contributed by atoms with Gasteiger partial charge in [0.15, 0.2) is 0 Å². The van der Waals surface area contributed by atoms with Gasteiger partial charge in [0.25, 0.3) is 0 Å². The average molecular weight is 267 g/mol. The molecular formula is C19H25N. The maximum absolute atomic E-state index is 6.63. The van der Waals surface area contributed by atoms with E-state index < -0.39 is 0 Å². The lowest BCUT2D eigenvalue weighted by Crippen LogP contribution is -2.30. The molecule has 1 saturated carbocycles. The normalized spacial score (nSPS) is 24.7. The van der Waals surface area contributed by atoms with Gasteiger partial charge in [0.2, 0.25) is 0 Å². The van der Waals surface area contributed by atoms with Crippen molar-refractivity contribution in [3.8, 4) is 0 Å². The molecule has 0 bridgehead atoms. The zero-order chi connectivity index (χ0) is 13.9. The Bertz CT molecular complexity index is 575. The Morgan fingerprint density at radius 3 is 2.60 bits per heavy atom. The second-order valence-corrected chi connectivity index (χ2v) is 6.25. The summed E-state index contributed by atoms with van der Waals surface area (Å²) in [6.45, 7) is 2.32. The monoisotopic (exact) mass is 267 g/mol. The molecule has 2 aromatic carbocycles. The van der Waals surface area contributed by atoms with Crippen LogP contribution >= 0.6 is 0 Å². The van der Waals surface area contributed by atoms with Crippen molar-refractivity contribution >= 4 is 10.8 Å². The molecule has 1 heteroatoms. The Kier molecular flexibility index (Phi) is 4.07. The molecule has 2 aromatic rings. The van der Waals surface area contributed by atoms with Gasteiger partial charge in [-0.1, -0.05) is 69.0 Å². The summed E-state index contributed by atoms with van der Waals surface area (Å²) in [4.78, 5) is 0. The predicted octanol–water partition coefficient (Wildman–Crippen LogP) is 5.06. The second-order valence-electron chi connectivity index (χ2n) is 6.25. The molecular weight excluding hydrogens is 242 g/mol. The first kappa shape index (κ1) is 13.6. The van der Waals surface area contributed by atoms with Gasteiger partial charge in [0.1, 0.15) is 0 Å². The van der Waals surface area contributed by atoms with Crippen LogP contribution in [0.15, 0.2) is 42.5 Å². The van der Waals surface area contributed by atoms with Gasteiger partial charge in [-0.3, -0.25) is 0 Å². The summed E-state index contributed by atoms with van der Waals surface area (Å²) < 4.78 is 0. The van der Waals surface area contributed by atoms with Crippen LogP contribution in [0, 0.1) is 11.8 Å². The Labute approximate surface area is 122 Å². The molecule has 2 N–H and O–H groups in total. The van der Waals surface area contributed by atoms with Crippen molar-refractivity contribution in [1.29, 1.82) is 0 Å². The van der Waals surface area contributed by atoms with Crippen molar-refractivity contribution in [2.45, 2.75) is 45.1 Å². The first-order valence-corrected chi connectivity index (χ1v) is 8.04. The van der Waals surface area contributed by atoms with Crippen LogP contribution < -0.4 is 5.73 Å². The number of hydrogen-bond donors (Lipinski definition) is 1. The smallest absolute Gasteiger partial charge is 0.0326 e. The molecule has 1 aliphatic carbocycles. The van der Waals surface area contributed by atoms with E-state index in [1.165, 1.54) is 48.4 Å². The molecule has 0 aliphatic heterocycles. The van der Waals surface area contributed by atoms with E-state index in [1.807, 2.05) is 0 Å². The second kappa shape index (κ2) is 5.97. The van der Waals surface area contributed by atoms with E-state index in [1.54, 1.807) is 0 Å². The molecule has 3 atom stereocenters. The highest BCUT2D eigenvalue weighted by molar-refractivity contribution is 5.83. The number of rotatable bonds is 3. The fraction of sp³-hybridized carbons (Fsp3) is 0.474. The lowest BCUT2D eigenvalue weighted by Gasteiger charge is -2.35. The Morgan fingerprint density at radius 1 is 1.05 bits per heavy atom. The van der Waals surface area contributed by atoms with Crippen LogP contribution in [0.2, 0.25) is 0 Å². The van der Waals surface area contributed by atoms with Crippen molar-refractivity contribution in [3.63, 3.8) is 0 Å². The molecule has 0 radical (unpaired) electrons. The van der Waals surface area contributed by atoms with Crippen LogP contribution in [0.4, 0.5) is 0 Å². The van der Waals surface area contributed by atoms with Gasteiger partial charge < -0.3 is 5.73 Å². The van der Waals surface area contributed by atoms with Crippen LogP contribution in [-0.2, 0) is 0 Å². The molecule has 0 amide bonds. The topological polar surface area (TPSA) is 26.0 Å². The van der Waals surface area contributed by atoms with Gasteiger partial charge in [-0.2, -0.15) is 0 Å². The number of nitrogens with two attached hydrogens (primary N) is 1. The number of hydrogen-bond acceptors (Lipinski definition) is 1. The zero-order valence-corrected chi connectivity index (χ0v) is 12.4. The lowest BCUT2D eigenvalue weighted by atomic mass is 9.72. The van der Waals surface area contributed by atoms with Gasteiger partial charge in [-0.25, -0.2) is 0 Å². The third-order valence-corrected chi connectivity index (χ3v) is 5.11. The largest absolute Gasteiger partial charge is 0.324 e. The molecule has 3 unspecified atom stereocenters. The summed E-state index contributed by atoms with van der Waals surface area (Å²) in [5.41, 5.74) is 7.94. The summed E-state index contributed by atoms with van der Waals surface area (Å²) in [6.07, 6.45) is 6.67. The van der Waals surface area contributed by atoms with E-state index in [0.29, 0.717) is 5.92 Å². The molecule has 1 fully saturated rings. The molecule has 1 aliphatic rings. The van der Waals surface area contributed by atoms with Crippen LogP contribution in [0.1, 0.15) is 50.6 Å². The Morgan fingerprint density at radius 2 is 1.80 bits per heavy atom. The van der Waals surface area contributed by atoms with Crippen molar-refractivity contribution in [3.05, 3.63) is 48.0 Å². The quantitative estimate of drug-likeness (QED) is 0.826.